The summed E-state index contributed by atoms with van der Waals surface area (Å²) in [6.45, 7) is 3.38. The number of rotatable bonds is 4. The molecule has 126 valence electrons. The monoisotopic (exact) mass is 328 g/mol. The van der Waals surface area contributed by atoms with Crippen molar-refractivity contribution in [1.29, 1.82) is 0 Å². The van der Waals surface area contributed by atoms with Crippen molar-refractivity contribution in [2.45, 2.75) is 32.2 Å². The van der Waals surface area contributed by atoms with Crippen LogP contribution in [-0.2, 0) is 0 Å². The molecule has 1 aromatic heterocycles. The molecule has 0 aliphatic carbocycles. The Morgan fingerprint density at radius 1 is 1.25 bits per heavy atom. The van der Waals surface area contributed by atoms with E-state index in [2.05, 4.69) is 15.3 Å². The molecule has 1 fully saturated rings. The van der Waals surface area contributed by atoms with Gasteiger partial charge in [0.2, 0.25) is 5.95 Å². The van der Waals surface area contributed by atoms with Gasteiger partial charge in [-0.25, -0.2) is 14.4 Å². The SMILES string of the molecule is CCNc1ncc(C(=O)N2CCCC[C@H]2c2ccc(F)cc2)cn1. The van der Waals surface area contributed by atoms with Gasteiger partial charge in [0.15, 0.2) is 0 Å². The van der Waals surface area contributed by atoms with Crippen LogP contribution in [0.3, 0.4) is 0 Å². The molecule has 1 N–H and O–H groups in total. The molecule has 5 nitrogen and oxygen atoms in total. The van der Waals surface area contributed by atoms with Gasteiger partial charge in [-0.3, -0.25) is 4.79 Å². The Labute approximate surface area is 140 Å². The van der Waals surface area contributed by atoms with E-state index in [1.807, 2.05) is 11.8 Å². The summed E-state index contributed by atoms with van der Waals surface area (Å²) in [5, 5.41) is 3.01. The van der Waals surface area contributed by atoms with Gasteiger partial charge >= 0.3 is 0 Å². The third-order valence-corrected chi connectivity index (χ3v) is 4.25. The van der Waals surface area contributed by atoms with E-state index >= 15 is 0 Å². The Morgan fingerprint density at radius 3 is 2.62 bits per heavy atom. The standard InChI is InChI=1S/C18H21FN4O/c1-2-20-18-21-11-14(12-22-18)17(24)23-10-4-3-5-16(23)13-6-8-15(19)9-7-13/h6-9,11-12,16H,2-5,10H2,1H3,(H,20,21,22)/t16-/m0/s1. The first-order valence-electron chi connectivity index (χ1n) is 8.31. The Bertz CT molecular complexity index is 687. The molecule has 1 amide bonds. The second-order valence-corrected chi connectivity index (χ2v) is 5.89. The van der Waals surface area contributed by atoms with Crippen LogP contribution < -0.4 is 5.32 Å². The van der Waals surface area contributed by atoms with Crippen LogP contribution in [0.5, 0.6) is 0 Å². The first-order valence-corrected chi connectivity index (χ1v) is 8.31. The Hall–Kier alpha value is -2.50. The predicted octanol–water partition coefficient (Wildman–Crippen LogP) is 3.41. The van der Waals surface area contributed by atoms with E-state index in [0.29, 0.717) is 18.1 Å². The maximum Gasteiger partial charge on any atom is 0.257 e. The van der Waals surface area contributed by atoms with E-state index in [1.165, 1.54) is 12.1 Å². The minimum Gasteiger partial charge on any atom is -0.355 e. The van der Waals surface area contributed by atoms with Crippen molar-refractivity contribution in [3.63, 3.8) is 0 Å². The van der Waals surface area contributed by atoms with Crippen LogP contribution in [0.15, 0.2) is 36.7 Å². The molecule has 1 aliphatic heterocycles. The predicted molar refractivity (Wildman–Crippen MR) is 90.2 cm³/mol. The molecule has 1 atom stereocenters. The highest BCUT2D eigenvalue weighted by molar-refractivity contribution is 5.94. The topological polar surface area (TPSA) is 58.1 Å². The fraction of sp³-hybridized carbons (Fsp3) is 0.389. The van der Waals surface area contributed by atoms with Crippen LogP contribution in [-0.4, -0.2) is 33.9 Å². The molecule has 24 heavy (non-hydrogen) atoms. The number of aromatic nitrogens is 2. The summed E-state index contributed by atoms with van der Waals surface area (Å²) in [5.74, 6) is 0.176. The number of nitrogens with zero attached hydrogens (tertiary/aromatic N) is 3. The lowest BCUT2D eigenvalue weighted by Gasteiger charge is -2.36. The lowest BCUT2D eigenvalue weighted by atomic mass is 9.94. The summed E-state index contributed by atoms with van der Waals surface area (Å²) in [6.07, 6.45) is 6.03. The fourth-order valence-electron chi connectivity index (χ4n) is 3.06. The number of halogens is 1. The van der Waals surface area contributed by atoms with Crippen LogP contribution in [0.2, 0.25) is 0 Å². The van der Waals surface area contributed by atoms with Crippen molar-refractivity contribution < 1.29 is 9.18 Å². The Morgan fingerprint density at radius 2 is 1.96 bits per heavy atom. The van der Waals surface area contributed by atoms with E-state index in [9.17, 15) is 9.18 Å². The van der Waals surface area contributed by atoms with Gasteiger partial charge in [-0.1, -0.05) is 12.1 Å². The van der Waals surface area contributed by atoms with Gasteiger partial charge in [0.25, 0.3) is 5.91 Å². The molecule has 6 heteroatoms. The van der Waals surface area contributed by atoms with Crippen LogP contribution >= 0.6 is 0 Å². The molecule has 1 saturated heterocycles. The van der Waals surface area contributed by atoms with Gasteiger partial charge in [0.1, 0.15) is 5.82 Å². The highest BCUT2D eigenvalue weighted by Gasteiger charge is 2.29. The van der Waals surface area contributed by atoms with Gasteiger partial charge in [-0.2, -0.15) is 0 Å². The van der Waals surface area contributed by atoms with Crippen molar-refractivity contribution in [1.82, 2.24) is 14.9 Å². The maximum absolute atomic E-state index is 13.2. The van der Waals surface area contributed by atoms with E-state index < -0.39 is 0 Å². The Kier molecular flexibility index (Phi) is 5.03. The second-order valence-electron chi connectivity index (χ2n) is 5.89. The third kappa shape index (κ3) is 3.53. The fourth-order valence-corrected chi connectivity index (χ4v) is 3.06. The zero-order valence-corrected chi connectivity index (χ0v) is 13.7. The molecular formula is C18H21FN4O. The molecule has 1 aromatic carbocycles. The van der Waals surface area contributed by atoms with Crippen molar-refractivity contribution in [2.75, 3.05) is 18.4 Å². The number of likely N-dealkylation sites (tertiary alicyclic amines) is 1. The first kappa shape index (κ1) is 16.4. The van der Waals surface area contributed by atoms with E-state index in [4.69, 9.17) is 0 Å². The van der Waals surface area contributed by atoms with Crippen molar-refractivity contribution in [3.05, 3.63) is 53.6 Å². The van der Waals surface area contributed by atoms with Crippen molar-refractivity contribution in [3.8, 4) is 0 Å². The third-order valence-electron chi connectivity index (χ3n) is 4.25. The largest absolute Gasteiger partial charge is 0.355 e. The lowest BCUT2D eigenvalue weighted by Crippen LogP contribution is -2.38. The van der Waals surface area contributed by atoms with Gasteiger partial charge in [0.05, 0.1) is 11.6 Å². The Balaban J connectivity index is 1.81. The average Bonchev–Trinajstić information content (AvgIpc) is 2.63. The van der Waals surface area contributed by atoms with Gasteiger partial charge in [-0.15, -0.1) is 0 Å². The maximum atomic E-state index is 13.2. The number of nitrogens with one attached hydrogen (secondary N) is 1. The quantitative estimate of drug-likeness (QED) is 0.934. The number of hydrogen-bond donors (Lipinski definition) is 1. The summed E-state index contributed by atoms with van der Waals surface area (Å²) < 4.78 is 13.2. The number of carbonyl (C=O) groups is 1. The number of amides is 1. The van der Waals surface area contributed by atoms with E-state index in [0.717, 1.165) is 31.4 Å². The van der Waals surface area contributed by atoms with Gasteiger partial charge in [-0.05, 0) is 43.9 Å². The van der Waals surface area contributed by atoms with Crippen LogP contribution in [0.4, 0.5) is 10.3 Å². The summed E-state index contributed by atoms with van der Waals surface area (Å²) in [4.78, 5) is 23.1. The summed E-state index contributed by atoms with van der Waals surface area (Å²) >= 11 is 0. The highest BCUT2D eigenvalue weighted by Crippen LogP contribution is 2.32. The molecular weight excluding hydrogens is 307 g/mol. The van der Waals surface area contributed by atoms with Gasteiger partial charge < -0.3 is 10.2 Å². The first-order chi connectivity index (χ1) is 11.7. The molecule has 0 radical (unpaired) electrons. The van der Waals surface area contributed by atoms with Crippen molar-refractivity contribution >= 4 is 11.9 Å². The number of benzene rings is 1. The van der Waals surface area contributed by atoms with Crippen LogP contribution in [0.1, 0.15) is 48.1 Å². The molecule has 2 aromatic rings. The normalized spacial score (nSPS) is 17.6. The minimum atomic E-state index is -0.264. The molecule has 0 unspecified atom stereocenters. The average molecular weight is 328 g/mol. The number of piperidine rings is 1. The summed E-state index contributed by atoms with van der Waals surface area (Å²) in [7, 11) is 0. The number of carbonyl (C=O) groups excluding carboxylic acids is 1. The smallest absolute Gasteiger partial charge is 0.257 e. The van der Waals surface area contributed by atoms with Crippen LogP contribution in [0.25, 0.3) is 0 Å². The van der Waals surface area contributed by atoms with E-state index in [1.54, 1.807) is 24.5 Å². The molecule has 3 rings (SSSR count). The number of anilines is 1. The molecule has 2 heterocycles. The molecule has 0 bridgehead atoms. The van der Waals surface area contributed by atoms with Crippen LogP contribution in [0, 0.1) is 5.82 Å². The lowest BCUT2D eigenvalue weighted by molar-refractivity contribution is 0.0610. The molecule has 1 aliphatic rings. The zero-order valence-electron chi connectivity index (χ0n) is 13.7. The van der Waals surface area contributed by atoms with E-state index in [-0.39, 0.29) is 17.8 Å². The number of hydrogen-bond acceptors (Lipinski definition) is 4. The summed E-state index contributed by atoms with van der Waals surface area (Å²) in [5.41, 5.74) is 1.44. The van der Waals surface area contributed by atoms with Gasteiger partial charge in [0, 0.05) is 25.5 Å². The zero-order chi connectivity index (χ0) is 16.9. The molecule has 0 spiro atoms. The second kappa shape index (κ2) is 7.38. The molecule has 0 saturated carbocycles. The van der Waals surface area contributed by atoms with Crippen molar-refractivity contribution in [2.24, 2.45) is 0 Å². The minimum absolute atomic E-state index is 0.0275. The highest BCUT2D eigenvalue weighted by atomic mass is 19.1. The summed E-state index contributed by atoms with van der Waals surface area (Å²) in [6, 6.07) is 6.38.